The SMILES string of the molecule is CN=C(NCCCn1cccn1)NCC1(N2CCOCC2)CCCCC1.I. The summed E-state index contributed by atoms with van der Waals surface area (Å²) in [5.41, 5.74) is 0.259. The van der Waals surface area contributed by atoms with E-state index in [1.165, 1.54) is 32.1 Å². The van der Waals surface area contributed by atoms with Gasteiger partial charge in [0.15, 0.2) is 5.96 Å². The minimum Gasteiger partial charge on any atom is -0.379 e. The van der Waals surface area contributed by atoms with Gasteiger partial charge in [-0.1, -0.05) is 19.3 Å². The highest BCUT2D eigenvalue weighted by atomic mass is 127. The van der Waals surface area contributed by atoms with E-state index in [0.717, 1.165) is 58.3 Å². The van der Waals surface area contributed by atoms with Gasteiger partial charge in [-0.05, 0) is 25.3 Å². The van der Waals surface area contributed by atoms with Crippen LogP contribution in [0.5, 0.6) is 0 Å². The molecule has 0 unspecified atom stereocenters. The maximum atomic E-state index is 5.57. The molecule has 27 heavy (non-hydrogen) atoms. The van der Waals surface area contributed by atoms with Crippen molar-refractivity contribution < 1.29 is 4.74 Å². The summed E-state index contributed by atoms with van der Waals surface area (Å²) >= 11 is 0. The zero-order valence-corrected chi connectivity index (χ0v) is 18.9. The van der Waals surface area contributed by atoms with Crippen LogP contribution in [0.4, 0.5) is 0 Å². The van der Waals surface area contributed by atoms with Gasteiger partial charge in [-0.15, -0.1) is 24.0 Å². The van der Waals surface area contributed by atoms with E-state index in [1.807, 2.05) is 30.2 Å². The quantitative estimate of drug-likeness (QED) is 0.265. The summed E-state index contributed by atoms with van der Waals surface area (Å²) in [6.45, 7) is 6.62. The van der Waals surface area contributed by atoms with Crippen molar-refractivity contribution in [2.24, 2.45) is 4.99 Å². The molecular formula is C19H35IN6O. The lowest BCUT2D eigenvalue weighted by molar-refractivity contribution is -0.0352. The molecule has 3 rings (SSSR count). The van der Waals surface area contributed by atoms with Crippen LogP contribution >= 0.6 is 24.0 Å². The van der Waals surface area contributed by atoms with Crippen molar-refractivity contribution in [1.29, 1.82) is 0 Å². The lowest BCUT2D eigenvalue weighted by Gasteiger charge is -2.48. The van der Waals surface area contributed by atoms with Crippen molar-refractivity contribution in [2.75, 3.05) is 46.4 Å². The molecule has 0 bridgehead atoms. The van der Waals surface area contributed by atoms with Crippen LogP contribution in [0.25, 0.3) is 0 Å². The van der Waals surface area contributed by atoms with E-state index >= 15 is 0 Å². The fourth-order valence-electron chi connectivity index (χ4n) is 4.20. The molecule has 154 valence electrons. The topological polar surface area (TPSA) is 66.7 Å². The number of halogens is 1. The Hall–Kier alpha value is -0.870. The Morgan fingerprint density at radius 1 is 1.19 bits per heavy atom. The van der Waals surface area contributed by atoms with Gasteiger partial charge in [-0.3, -0.25) is 14.6 Å². The summed E-state index contributed by atoms with van der Waals surface area (Å²) in [5, 5.41) is 11.3. The summed E-state index contributed by atoms with van der Waals surface area (Å²) < 4.78 is 7.54. The molecule has 2 N–H and O–H groups in total. The molecule has 1 saturated heterocycles. The minimum absolute atomic E-state index is 0. The fraction of sp³-hybridized carbons (Fsp3) is 0.789. The second kappa shape index (κ2) is 11.9. The third kappa shape index (κ3) is 6.60. The second-order valence-electron chi connectivity index (χ2n) is 7.36. The summed E-state index contributed by atoms with van der Waals surface area (Å²) in [6.07, 6.45) is 11.4. The monoisotopic (exact) mass is 490 g/mol. The molecule has 1 saturated carbocycles. The molecule has 1 aromatic rings. The molecule has 2 aliphatic rings. The number of ether oxygens (including phenoxy) is 1. The second-order valence-corrected chi connectivity index (χ2v) is 7.36. The lowest BCUT2D eigenvalue weighted by Crippen LogP contribution is -2.60. The highest BCUT2D eigenvalue weighted by molar-refractivity contribution is 14.0. The number of guanidine groups is 1. The highest BCUT2D eigenvalue weighted by Gasteiger charge is 2.38. The number of aliphatic imine (C=N–C) groups is 1. The molecule has 0 amide bonds. The van der Waals surface area contributed by atoms with Crippen LogP contribution in [-0.2, 0) is 11.3 Å². The zero-order valence-electron chi connectivity index (χ0n) is 16.5. The van der Waals surface area contributed by atoms with Crippen molar-refractivity contribution in [3.63, 3.8) is 0 Å². The van der Waals surface area contributed by atoms with E-state index in [2.05, 4.69) is 25.6 Å². The van der Waals surface area contributed by atoms with Crippen LogP contribution in [0.15, 0.2) is 23.5 Å². The van der Waals surface area contributed by atoms with E-state index in [0.29, 0.717) is 0 Å². The van der Waals surface area contributed by atoms with E-state index in [1.54, 1.807) is 0 Å². The predicted octanol–water partition coefficient (Wildman–Crippen LogP) is 2.09. The first kappa shape index (κ1) is 22.4. The lowest BCUT2D eigenvalue weighted by atomic mass is 9.80. The Labute approximate surface area is 180 Å². The molecule has 1 aliphatic heterocycles. The Bertz CT molecular complexity index is 538. The smallest absolute Gasteiger partial charge is 0.191 e. The van der Waals surface area contributed by atoms with Crippen molar-refractivity contribution >= 4 is 29.9 Å². The Kier molecular flexibility index (Phi) is 9.84. The number of aryl methyl sites for hydroxylation is 1. The van der Waals surface area contributed by atoms with E-state index in [9.17, 15) is 0 Å². The van der Waals surface area contributed by atoms with Crippen LogP contribution in [0.3, 0.4) is 0 Å². The standard InChI is InChI=1S/C19H34N6O.HI/c1-20-18(21-9-5-11-25-12-6-10-23-25)22-17-19(7-3-2-4-8-19)24-13-15-26-16-14-24;/h6,10,12H,2-5,7-9,11,13-17H2,1H3,(H2,20,21,22);1H. The number of aromatic nitrogens is 2. The Balaban J connectivity index is 0.00000261. The van der Waals surface area contributed by atoms with Crippen LogP contribution in [0, 0.1) is 0 Å². The molecule has 2 heterocycles. The number of nitrogens with one attached hydrogen (secondary N) is 2. The minimum atomic E-state index is 0. The van der Waals surface area contributed by atoms with Gasteiger partial charge in [0.05, 0.1) is 13.2 Å². The summed E-state index contributed by atoms with van der Waals surface area (Å²) in [6, 6.07) is 1.96. The van der Waals surface area contributed by atoms with Crippen molar-refractivity contribution in [2.45, 2.75) is 50.6 Å². The first-order valence-electron chi connectivity index (χ1n) is 10.1. The van der Waals surface area contributed by atoms with Gasteiger partial charge in [0, 0.05) is 57.7 Å². The van der Waals surface area contributed by atoms with E-state index in [4.69, 9.17) is 4.74 Å². The van der Waals surface area contributed by atoms with Gasteiger partial charge in [0.2, 0.25) is 0 Å². The largest absolute Gasteiger partial charge is 0.379 e. The van der Waals surface area contributed by atoms with Crippen molar-refractivity contribution in [3.8, 4) is 0 Å². The summed E-state index contributed by atoms with van der Waals surface area (Å²) in [4.78, 5) is 7.07. The molecule has 8 heteroatoms. The molecule has 7 nitrogen and oxygen atoms in total. The average Bonchev–Trinajstić information content (AvgIpc) is 3.22. The van der Waals surface area contributed by atoms with Crippen LogP contribution in [0.2, 0.25) is 0 Å². The maximum absolute atomic E-state index is 5.57. The molecule has 1 aliphatic carbocycles. The molecule has 0 aromatic carbocycles. The number of rotatable bonds is 7. The predicted molar refractivity (Wildman–Crippen MR) is 120 cm³/mol. The Morgan fingerprint density at radius 3 is 2.63 bits per heavy atom. The third-order valence-corrected chi connectivity index (χ3v) is 5.69. The molecule has 0 atom stereocenters. The van der Waals surface area contributed by atoms with Gasteiger partial charge in [-0.25, -0.2) is 0 Å². The maximum Gasteiger partial charge on any atom is 0.191 e. The van der Waals surface area contributed by atoms with Crippen LogP contribution in [-0.4, -0.2) is 72.6 Å². The van der Waals surface area contributed by atoms with Gasteiger partial charge in [-0.2, -0.15) is 5.10 Å². The number of morpholine rings is 1. The Morgan fingerprint density at radius 2 is 1.96 bits per heavy atom. The number of hydrogen-bond donors (Lipinski definition) is 2. The summed E-state index contributed by atoms with van der Waals surface area (Å²) in [7, 11) is 1.85. The molecular weight excluding hydrogens is 455 g/mol. The molecule has 2 fully saturated rings. The summed E-state index contributed by atoms with van der Waals surface area (Å²) in [5.74, 6) is 0.906. The van der Waals surface area contributed by atoms with E-state index < -0.39 is 0 Å². The average molecular weight is 490 g/mol. The first-order chi connectivity index (χ1) is 12.8. The number of nitrogens with zero attached hydrogens (tertiary/aromatic N) is 4. The van der Waals surface area contributed by atoms with Gasteiger partial charge in [0.25, 0.3) is 0 Å². The first-order valence-corrected chi connectivity index (χ1v) is 10.1. The molecule has 0 radical (unpaired) electrons. The molecule has 1 aromatic heterocycles. The highest BCUT2D eigenvalue weighted by Crippen LogP contribution is 2.33. The van der Waals surface area contributed by atoms with Gasteiger partial charge >= 0.3 is 0 Å². The van der Waals surface area contributed by atoms with Crippen LogP contribution in [0.1, 0.15) is 38.5 Å². The molecule has 0 spiro atoms. The van der Waals surface area contributed by atoms with Crippen LogP contribution < -0.4 is 10.6 Å². The van der Waals surface area contributed by atoms with Crippen molar-refractivity contribution in [3.05, 3.63) is 18.5 Å². The number of hydrogen-bond acceptors (Lipinski definition) is 4. The fourth-order valence-corrected chi connectivity index (χ4v) is 4.20. The normalized spacial score (nSPS) is 20.7. The third-order valence-electron chi connectivity index (χ3n) is 5.69. The zero-order chi connectivity index (χ0) is 18.1. The van der Waals surface area contributed by atoms with E-state index in [-0.39, 0.29) is 29.5 Å². The van der Waals surface area contributed by atoms with Gasteiger partial charge < -0.3 is 15.4 Å². The van der Waals surface area contributed by atoms with Crippen molar-refractivity contribution in [1.82, 2.24) is 25.3 Å². The van der Waals surface area contributed by atoms with Gasteiger partial charge in [0.1, 0.15) is 0 Å².